The fourth-order valence-corrected chi connectivity index (χ4v) is 2.99. The molecule has 0 aromatic heterocycles. The fraction of sp³-hybridized carbons (Fsp3) is 0.133. The van der Waals surface area contributed by atoms with Crippen molar-refractivity contribution in [1.29, 1.82) is 0 Å². The number of amides is 1. The SMILES string of the molecule is CNC(=O)c1cc(S(=O)(=O)Nc2cccc(F)c2)ccc1C. The van der Waals surface area contributed by atoms with Crippen LogP contribution >= 0.6 is 0 Å². The third kappa shape index (κ3) is 3.43. The van der Waals surface area contributed by atoms with Crippen molar-refractivity contribution in [2.24, 2.45) is 0 Å². The van der Waals surface area contributed by atoms with Crippen molar-refractivity contribution in [2.75, 3.05) is 11.8 Å². The van der Waals surface area contributed by atoms with Crippen LogP contribution in [-0.2, 0) is 10.0 Å². The molecule has 2 N–H and O–H groups in total. The zero-order valence-electron chi connectivity index (χ0n) is 12.1. The van der Waals surface area contributed by atoms with Gasteiger partial charge in [-0.25, -0.2) is 12.8 Å². The first-order chi connectivity index (χ1) is 10.3. The number of aryl methyl sites for hydroxylation is 1. The van der Waals surface area contributed by atoms with Crippen molar-refractivity contribution < 1.29 is 17.6 Å². The lowest BCUT2D eigenvalue weighted by atomic mass is 10.1. The average molecular weight is 322 g/mol. The highest BCUT2D eigenvalue weighted by Gasteiger charge is 2.18. The molecule has 116 valence electrons. The van der Waals surface area contributed by atoms with Gasteiger partial charge in [0.25, 0.3) is 15.9 Å². The van der Waals surface area contributed by atoms with E-state index >= 15 is 0 Å². The molecule has 0 heterocycles. The molecule has 0 spiro atoms. The van der Waals surface area contributed by atoms with E-state index in [1.165, 1.54) is 37.4 Å². The van der Waals surface area contributed by atoms with E-state index in [1.54, 1.807) is 13.0 Å². The fourth-order valence-electron chi connectivity index (χ4n) is 1.91. The summed E-state index contributed by atoms with van der Waals surface area (Å²) in [7, 11) is -2.44. The van der Waals surface area contributed by atoms with E-state index in [-0.39, 0.29) is 22.1 Å². The molecule has 22 heavy (non-hydrogen) atoms. The summed E-state index contributed by atoms with van der Waals surface area (Å²) in [5.74, 6) is -0.921. The van der Waals surface area contributed by atoms with Gasteiger partial charge in [-0.1, -0.05) is 12.1 Å². The Morgan fingerprint density at radius 1 is 1.14 bits per heavy atom. The molecular formula is C15H15FN2O3S. The highest BCUT2D eigenvalue weighted by atomic mass is 32.2. The molecule has 2 aromatic carbocycles. The zero-order chi connectivity index (χ0) is 16.3. The van der Waals surface area contributed by atoms with Gasteiger partial charge in [0, 0.05) is 12.6 Å². The Hall–Kier alpha value is -2.41. The Morgan fingerprint density at radius 2 is 1.86 bits per heavy atom. The van der Waals surface area contributed by atoms with Crippen molar-refractivity contribution in [3.05, 3.63) is 59.4 Å². The van der Waals surface area contributed by atoms with Gasteiger partial charge in [-0.2, -0.15) is 0 Å². The van der Waals surface area contributed by atoms with E-state index in [9.17, 15) is 17.6 Å². The molecule has 0 aliphatic carbocycles. The molecule has 0 aliphatic heterocycles. The predicted octanol–water partition coefficient (Wildman–Crippen LogP) is 2.29. The highest BCUT2D eigenvalue weighted by molar-refractivity contribution is 7.92. The van der Waals surface area contributed by atoms with Gasteiger partial charge in [0.2, 0.25) is 0 Å². The normalized spacial score (nSPS) is 11.0. The number of carbonyl (C=O) groups is 1. The van der Waals surface area contributed by atoms with E-state index in [1.807, 2.05) is 0 Å². The van der Waals surface area contributed by atoms with Gasteiger partial charge >= 0.3 is 0 Å². The number of benzene rings is 2. The van der Waals surface area contributed by atoms with Crippen molar-refractivity contribution >= 4 is 21.6 Å². The molecular weight excluding hydrogens is 307 g/mol. The minimum Gasteiger partial charge on any atom is -0.355 e. The molecule has 0 bridgehead atoms. The van der Waals surface area contributed by atoms with Gasteiger partial charge in [0.1, 0.15) is 5.82 Å². The van der Waals surface area contributed by atoms with E-state index in [0.29, 0.717) is 5.56 Å². The van der Waals surface area contributed by atoms with Crippen molar-refractivity contribution in [2.45, 2.75) is 11.8 Å². The molecule has 5 nitrogen and oxygen atoms in total. The first-order valence-corrected chi connectivity index (χ1v) is 7.93. The summed E-state index contributed by atoms with van der Waals surface area (Å²) in [5, 5.41) is 2.45. The number of anilines is 1. The maximum absolute atomic E-state index is 13.1. The molecule has 0 radical (unpaired) electrons. The van der Waals surface area contributed by atoms with Crippen molar-refractivity contribution in [1.82, 2.24) is 5.32 Å². The Balaban J connectivity index is 2.39. The van der Waals surface area contributed by atoms with E-state index in [0.717, 1.165) is 6.07 Å². The summed E-state index contributed by atoms with van der Waals surface area (Å²) in [6.45, 7) is 1.71. The van der Waals surface area contributed by atoms with Crippen LogP contribution in [0.2, 0.25) is 0 Å². The second-order valence-electron chi connectivity index (χ2n) is 4.67. The molecule has 1 amide bonds. The number of hydrogen-bond acceptors (Lipinski definition) is 3. The summed E-state index contributed by atoms with van der Waals surface area (Å²) in [4.78, 5) is 11.7. The number of nitrogens with one attached hydrogen (secondary N) is 2. The number of rotatable bonds is 4. The lowest BCUT2D eigenvalue weighted by Gasteiger charge is -2.11. The van der Waals surface area contributed by atoms with Crippen LogP contribution in [-0.4, -0.2) is 21.4 Å². The first kappa shape index (κ1) is 16.0. The van der Waals surface area contributed by atoms with Crippen LogP contribution < -0.4 is 10.0 Å². The first-order valence-electron chi connectivity index (χ1n) is 6.44. The topological polar surface area (TPSA) is 75.3 Å². The van der Waals surface area contributed by atoms with E-state index in [4.69, 9.17) is 0 Å². The summed E-state index contributed by atoms with van der Waals surface area (Å²) in [6.07, 6.45) is 0. The van der Waals surface area contributed by atoms with Crippen LogP contribution in [0.4, 0.5) is 10.1 Å². The Labute approximate surface area is 128 Å². The summed E-state index contributed by atoms with van der Waals surface area (Å²) < 4.78 is 40.0. The third-order valence-corrected chi connectivity index (χ3v) is 4.45. The number of halogens is 1. The standard InChI is InChI=1S/C15H15FN2O3S/c1-10-6-7-13(9-14(10)15(19)17-2)22(20,21)18-12-5-3-4-11(16)8-12/h3-9,18H,1-2H3,(H,17,19). The highest BCUT2D eigenvalue weighted by Crippen LogP contribution is 2.19. The van der Waals surface area contributed by atoms with Crippen LogP contribution in [0, 0.1) is 12.7 Å². The Morgan fingerprint density at radius 3 is 2.50 bits per heavy atom. The Kier molecular flexibility index (Phi) is 4.46. The molecule has 0 fully saturated rings. The van der Waals surface area contributed by atoms with Gasteiger partial charge in [-0.15, -0.1) is 0 Å². The quantitative estimate of drug-likeness (QED) is 0.907. The minimum absolute atomic E-state index is 0.0686. The largest absolute Gasteiger partial charge is 0.355 e. The molecule has 2 aromatic rings. The number of hydrogen-bond donors (Lipinski definition) is 2. The monoisotopic (exact) mass is 322 g/mol. The van der Waals surface area contributed by atoms with Gasteiger partial charge in [-0.05, 0) is 42.8 Å². The van der Waals surface area contributed by atoms with Gasteiger partial charge in [0.05, 0.1) is 10.6 Å². The molecule has 7 heteroatoms. The maximum atomic E-state index is 13.1. The zero-order valence-corrected chi connectivity index (χ0v) is 12.9. The summed E-state index contributed by atoms with van der Waals surface area (Å²) in [5.41, 5.74) is 1.04. The lowest BCUT2D eigenvalue weighted by molar-refractivity contribution is 0.0962. The van der Waals surface area contributed by atoms with Gasteiger partial charge < -0.3 is 5.32 Å². The maximum Gasteiger partial charge on any atom is 0.261 e. The molecule has 0 aliphatic rings. The van der Waals surface area contributed by atoms with Crippen LogP contribution in [0.25, 0.3) is 0 Å². The summed E-state index contributed by atoms with van der Waals surface area (Å²) >= 11 is 0. The van der Waals surface area contributed by atoms with Crippen molar-refractivity contribution in [3.8, 4) is 0 Å². The molecule has 0 saturated heterocycles. The molecule has 0 unspecified atom stereocenters. The second kappa shape index (κ2) is 6.15. The smallest absolute Gasteiger partial charge is 0.261 e. The average Bonchev–Trinajstić information content (AvgIpc) is 2.46. The minimum atomic E-state index is -3.91. The van der Waals surface area contributed by atoms with Crippen LogP contribution in [0.1, 0.15) is 15.9 Å². The van der Waals surface area contributed by atoms with Crippen molar-refractivity contribution in [3.63, 3.8) is 0 Å². The Bertz CT molecular complexity index is 819. The van der Waals surface area contributed by atoms with Crippen LogP contribution in [0.3, 0.4) is 0 Å². The molecule has 2 rings (SSSR count). The van der Waals surface area contributed by atoms with Gasteiger partial charge in [0.15, 0.2) is 0 Å². The second-order valence-corrected chi connectivity index (χ2v) is 6.35. The number of carbonyl (C=O) groups excluding carboxylic acids is 1. The van der Waals surface area contributed by atoms with Crippen LogP contribution in [0.5, 0.6) is 0 Å². The molecule has 0 atom stereocenters. The van der Waals surface area contributed by atoms with Gasteiger partial charge in [-0.3, -0.25) is 9.52 Å². The van der Waals surface area contributed by atoms with Crippen LogP contribution in [0.15, 0.2) is 47.4 Å². The van der Waals surface area contributed by atoms with E-state index in [2.05, 4.69) is 10.0 Å². The summed E-state index contributed by atoms with van der Waals surface area (Å²) in [6, 6.07) is 9.36. The van der Waals surface area contributed by atoms with E-state index < -0.39 is 15.8 Å². The lowest BCUT2D eigenvalue weighted by Crippen LogP contribution is -2.20. The molecule has 0 saturated carbocycles. The third-order valence-electron chi connectivity index (χ3n) is 3.07. The number of sulfonamides is 1. The predicted molar refractivity (Wildman–Crippen MR) is 81.8 cm³/mol.